The number of amides is 3. The van der Waals surface area contributed by atoms with E-state index in [9.17, 15) is 14.4 Å². The van der Waals surface area contributed by atoms with Crippen molar-refractivity contribution in [2.45, 2.75) is 32.5 Å². The van der Waals surface area contributed by atoms with Gasteiger partial charge in [0.15, 0.2) is 0 Å². The van der Waals surface area contributed by atoms with Gasteiger partial charge in [0.25, 0.3) is 5.91 Å². The van der Waals surface area contributed by atoms with Crippen LogP contribution in [0, 0.1) is 5.92 Å². The van der Waals surface area contributed by atoms with Crippen molar-refractivity contribution >= 4 is 29.1 Å². The van der Waals surface area contributed by atoms with Crippen LogP contribution in [0.4, 0.5) is 11.4 Å². The number of para-hydroxylation sites is 1. The third-order valence-corrected chi connectivity index (χ3v) is 5.67. The van der Waals surface area contributed by atoms with Gasteiger partial charge in [-0.15, -0.1) is 0 Å². The van der Waals surface area contributed by atoms with Crippen LogP contribution in [0.2, 0.25) is 0 Å². The number of nitrogens with one attached hydrogen (secondary N) is 1. The van der Waals surface area contributed by atoms with Gasteiger partial charge < -0.3 is 19.9 Å². The molecule has 2 aromatic carbocycles. The first kappa shape index (κ1) is 21.1. The molecule has 2 fully saturated rings. The van der Waals surface area contributed by atoms with Crippen LogP contribution in [0.25, 0.3) is 0 Å². The van der Waals surface area contributed by atoms with Crippen LogP contribution in [0.15, 0.2) is 54.6 Å². The Hall–Kier alpha value is -3.19. The average molecular weight is 421 g/mol. The molecule has 0 aromatic heterocycles. The van der Waals surface area contributed by atoms with E-state index in [2.05, 4.69) is 5.32 Å². The van der Waals surface area contributed by atoms with Gasteiger partial charge in [-0.2, -0.15) is 0 Å². The maximum Gasteiger partial charge on any atom is 0.254 e. The number of nitrogens with zero attached hydrogens (tertiary/aromatic N) is 2. The Labute approximate surface area is 182 Å². The minimum atomic E-state index is -0.412. The molecule has 2 aliphatic heterocycles. The minimum absolute atomic E-state index is 0.0100. The minimum Gasteiger partial charge on any atom is -0.372 e. The van der Waals surface area contributed by atoms with Crippen LogP contribution in [-0.4, -0.2) is 54.5 Å². The Morgan fingerprint density at radius 3 is 2.23 bits per heavy atom. The van der Waals surface area contributed by atoms with E-state index >= 15 is 0 Å². The van der Waals surface area contributed by atoms with Crippen molar-refractivity contribution in [2.24, 2.45) is 5.92 Å². The maximum absolute atomic E-state index is 12.8. The second-order valence-electron chi connectivity index (χ2n) is 8.27. The van der Waals surface area contributed by atoms with E-state index in [1.165, 1.54) is 0 Å². The lowest BCUT2D eigenvalue weighted by molar-refractivity contribution is -0.122. The topological polar surface area (TPSA) is 79.0 Å². The Bertz CT molecular complexity index is 951. The largest absolute Gasteiger partial charge is 0.372 e. The molecule has 3 unspecified atom stereocenters. The molecule has 2 aromatic rings. The molecule has 2 saturated heterocycles. The van der Waals surface area contributed by atoms with Gasteiger partial charge in [0.05, 0.1) is 18.1 Å². The van der Waals surface area contributed by atoms with E-state index in [-0.39, 0.29) is 36.4 Å². The van der Waals surface area contributed by atoms with E-state index in [4.69, 9.17) is 4.74 Å². The zero-order valence-electron chi connectivity index (χ0n) is 17.8. The molecule has 2 aliphatic rings. The molecule has 1 N–H and O–H groups in total. The monoisotopic (exact) mass is 421 g/mol. The van der Waals surface area contributed by atoms with Crippen LogP contribution in [0.5, 0.6) is 0 Å². The van der Waals surface area contributed by atoms with Gasteiger partial charge >= 0.3 is 0 Å². The van der Waals surface area contributed by atoms with Crippen molar-refractivity contribution in [2.75, 3.05) is 29.9 Å². The first-order chi connectivity index (χ1) is 14.9. The highest BCUT2D eigenvalue weighted by molar-refractivity contribution is 6.03. The molecular formula is C24H27N3O4. The van der Waals surface area contributed by atoms with Crippen molar-refractivity contribution in [1.29, 1.82) is 0 Å². The van der Waals surface area contributed by atoms with Gasteiger partial charge in [-0.05, 0) is 50.2 Å². The summed E-state index contributed by atoms with van der Waals surface area (Å²) in [4.78, 5) is 41.3. The van der Waals surface area contributed by atoms with Gasteiger partial charge in [-0.25, -0.2) is 0 Å². The second-order valence-corrected chi connectivity index (χ2v) is 8.27. The molecular weight excluding hydrogens is 394 g/mol. The normalized spacial score (nSPS) is 23.7. The third kappa shape index (κ3) is 4.77. The molecule has 7 heteroatoms. The predicted octanol–water partition coefficient (Wildman–Crippen LogP) is 2.93. The molecule has 0 spiro atoms. The van der Waals surface area contributed by atoms with Crippen LogP contribution in [-0.2, 0) is 14.3 Å². The number of ether oxygens (including phenoxy) is 1. The quantitative estimate of drug-likeness (QED) is 0.823. The summed E-state index contributed by atoms with van der Waals surface area (Å²) in [6.07, 6.45) is 0.205. The molecule has 0 saturated carbocycles. The Morgan fingerprint density at radius 1 is 0.935 bits per heavy atom. The SMILES string of the molecule is CC1CN(C(=O)c2ccc(NC(=O)C3CC(=O)N(c4ccccc4)C3)cc2)CC(C)O1. The number of hydrogen-bond acceptors (Lipinski definition) is 4. The van der Waals surface area contributed by atoms with Gasteiger partial charge in [0.2, 0.25) is 11.8 Å². The highest BCUT2D eigenvalue weighted by Gasteiger charge is 2.35. The molecule has 0 radical (unpaired) electrons. The summed E-state index contributed by atoms with van der Waals surface area (Å²) in [5, 5.41) is 2.87. The number of carbonyl (C=O) groups is 3. The standard InChI is InChI=1S/C24H27N3O4/c1-16-13-26(14-17(2)31-16)24(30)18-8-10-20(11-9-18)25-23(29)19-12-22(28)27(15-19)21-6-4-3-5-7-21/h3-11,16-17,19H,12-15H2,1-2H3,(H,25,29). The van der Waals surface area contributed by atoms with Crippen molar-refractivity contribution in [3.05, 3.63) is 60.2 Å². The molecule has 3 atom stereocenters. The first-order valence-corrected chi connectivity index (χ1v) is 10.6. The Morgan fingerprint density at radius 2 is 1.58 bits per heavy atom. The van der Waals surface area contributed by atoms with Crippen LogP contribution in [0.1, 0.15) is 30.6 Å². The van der Waals surface area contributed by atoms with Gasteiger partial charge in [-0.1, -0.05) is 18.2 Å². The maximum atomic E-state index is 12.8. The molecule has 4 rings (SSSR count). The van der Waals surface area contributed by atoms with Gasteiger partial charge in [0.1, 0.15) is 0 Å². The zero-order chi connectivity index (χ0) is 22.0. The summed E-state index contributed by atoms with van der Waals surface area (Å²) < 4.78 is 5.69. The molecule has 0 bridgehead atoms. The third-order valence-electron chi connectivity index (χ3n) is 5.67. The molecule has 3 amide bonds. The van der Waals surface area contributed by atoms with Crippen molar-refractivity contribution in [1.82, 2.24) is 4.90 Å². The van der Waals surface area contributed by atoms with E-state index in [0.29, 0.717) is 30.9 Å². The number of anilines is 2. The van der Waals surface area contributed by atoms with Crippen LogP contribution < -0.4 is 10.2 Å². The highest BCUT2D eigenvalue weighted by atomic mass is 16.5. The zero-order valence-corrected chi connectivity index (χ0v) is 17.8. The molecule has 0 aliphatic carbocycles. The second kappa shape index (κ2) is 8.89. The summed E-state index contributed by atoms with van der Waals surface area (Å²) >= 11 is 0. The van der Waals surface area contributed by atoms with E-state index in [1.807, 2.05) is 44.2 Å². The lowest BCUT2D eigenvalue weighted by Gasteiger charge is -2.35. The molecule has 2 heterocycles. The lowest BCUT2D eigenvalue weighted by Crippen LogP contribution is -2.48. The molecule has 31 heavy (non-hydrogen) atoms. The van der Waals surface area contributed by atoms with E-state index < -0.39 is 5.92 Å². The number of hydrogen-bond donors (Lipinski definition) is 1. The highest BCUT2D eigenvalue weighted by Crippen LogP contribution is 2.26. The van der Waals surface area contributed by atoms with Crippen molar-refractivity contribution in [3.8, 4) is 0 Å². The summed E-state index contributed by atoms with van der Waals surface area (Å²) in [5.41, 5.74) is 1.99. The Kier molecular flexibility index (Phi) is 6.04. The summed E-state index contributed by atoms with van der Waals surface area (Å²) in [7, 11) is 0. The number of benzene rings is 2. The number of rotatable bonds is 4. The molecule has 162 valence electrons. The summed E-state index contributed by atoms with van der Waals surface area (Å²) in [6.45, 7) is 5.41. The van der Waals surface area contributed by atoms with Crippen molar-refractivity contribution in [3.63, 3.8) is 0 Å². The average Bonchev–Trinajstić information content (AvgIpc) is 3.15. The van der Waals surface area contributed by atoms with E-state index in [0.717, 1.165) is 5.69 Å². The number of morpholine rings is 1. The Balaban J connectivity index is 1.36. The van der Waals surface area contributed by atoms with Crippen molar-refractivity contribution < 1.29 is 19.1 Å². The fourth-order valence-corrected chi connectivity index (χ4v) is 4.21. The smallest absolute Gasteiger partial charge is 0.254 e. The van der Waals surface area contributed by atoms with Crippen LogP contribution in [0.3, 0.4) is 0 Å². The number of carbonyl (C=O) groups excluding carboxylic acids is 3. The fourth-order valence-electron chi connectivity index (χ4n) is 4.21. The van der Waals surface area contributed by atoms with Gasteiger partial charge in [-0.3, -0.25) is 14.4 Å². The van der Waals surface area contributed by atoms with Gasteiger partial charge in [0, 0.05) is 43.0 Å². The van der Waals surface area contributed by atoms with E-state index in [1.54, 1.807) is 34.1 Å². The molecule has 7 nitrogen and oxygen atoms in total. The van der Waals surface area contributed by atoms with Crippen LogP contribution >= 0.6 is 0 Å². The summed E-state index contributed by atoms with van der Waals surface area (Å²) in [6, 6.07) is 16.3. The fraction of sp³-hybridized carbons (Fsp3) is 0.375. The summed E-state index contributed by atoms with van der Waals surface area (Å²) in [5.74, 6) is -0.701. The first-order valence-electron chi connectivity index (χ1n) is 10.6. The lowest BCUT2D eigenvalue weighted by atomic mass is 10.1. The predicted molar refractivity (Wildman–Crippen MR) is 118 cm³/mol.